The zero-order valence-electron chi connectivity index (χ0n) is 11.7. The molecule has 0 atom stereocenters. The molecule has 20 heavy (non-hydrogen) atoms. The summed E-state index contributed by atoms with van der Waals surface area (Å²) in [5.74, 6) is 0.914. The number of nitrogens with one attached hydrogen (secondary N) is 1. The van der Waals surface area contributed by atoms with E-state index in [-0.39, 0.29) is 10.7 Å². The highest BCUT2D eigenvalue weighted by Crippen LogP contribution is 2.61. The summed E-state index contributed by atoms with van der Waals surface area (Å²) in [5, 5.41) is 3.86. The molecule has 0 spiro atoms. The molecular formula is C12H20N4O2S2. The predicted octanol–water partition coefficient (Wildman–Crippen LogP) is 1.58. The van der Waals surface area contributed by atoms with Crippen molar-refractivity contribution >= 4 is 32.4 Å². The molecule has 0 saturated heterocycles. The van der Waals surface area contributed by atoms with Crippen LogP contribution in [0.5, 0.6) is 0 Å². The summed E-state index contributed by atoms with van der Waals surface area (Å²) in [7, 11) is -0.547. The van der Waals surface area contributed by atoms with Crippen LogP contribution in [0.4, 0.5) is 10.8 Å². The second-order valence-corrected chi connectivity index (χ2v) is 8.87. The van der Waals surface area contributed by atoms with E-state index >= 15 is 0 Å². The van der Waals surface area contributed by atoms with E-state index in [1.165, 1.54) is 44.1 Å². The number of sulfonamides is 1. The van der Waals surface area contributed by atoms with Crippen molar-refractivity contribution in [2.24, 2.45) is 11.3 Å². The Bertz CT molecular complexity index is 615. The van der Waals surface area contributed by atoms with E-state index < -0.39 is 10.0 Å². The van der Waals surface area contributed by atoms with Crippen LogP contribution in [0.15, 0.2) is 4.90 Å². The van der Waals surface area contributed by atoms with Gasteiger partial charge >= 0.3 is 0 Å². The smallest absolute Gasteiger partial charge is 0.249 e. The van der Waals surface area contributed by atoms with Crippen LogP contribution in [0.3, 0.4) is 0 Å². The topological polar surface area (TPSA) is 88.3 Å². The lowest BCUT2D eigenvalue weighted by Crippen LogP contribution is -2.24. The van der Waals surface area contributed by atoms with Crippen molar-refractivity contribution in [3.05, 3.63) is 0 Å². The molecule has 0 aromatic carbocycles. The number of anilines is 2. The molecule has 8 heteroatoms. The first-order valence-electron chi connectivity index (χ1n) is 6.78. The van der Waals surface area contributed by atoms with Gasteiger partial charge in [0.25, 0.3) is 0 Å². The standard InChI is InChI=1S/C12H20N4O2S2/c1-16(2)20(17,18)9-10(13)15-19-11(9)14-7-12(5-6-12)8-3-4-8/h8,14H,3-7H2,1-2H3,(H2,13,15). The molecule has 2 fully saturated rings. The Labute approximate surface area is 123 Å². The Balaban J connectivity index is 1.81. The second-order valence-electron chi connectivity index (χ2n) is 6.00. The number of rotatable bonds is 6. The fourth-order valence-corrected chi connectivity index (χ4v) is 4.75. The van der Waals surface area contributed by atoms with Gasteiger partial charge in [0.2, 0.25) is 10.0 Å². The lowest BCUT2D eigenvalue weighted by atomic mass is 10.0. The maximum atomic E-state index is 12.3. The monoisotopic (exact) mass is 316 g/mol. The fraction of sp³-hybridized carbons (Fsp3) is 0.750. The zero-order valence-corrected chi connectivity index (χ0v) is 13.4. The van der Waals surface area contributed by atoms with Crippen LogP contribution in [0.25, 0.3) is 0 Å². The summed E-state index contributed by atoms with van der Waals surface area (Å²) in [6.07, 6.45) is 5.12. The van der Waals surface area contributed by atoms with Crippen LogP contribution in [-0.4, -0.2) is 37.7 Å². The summed E-state index contributed by atoms with van der Waals surface area (Å²) in [4.78, 5) is 0.124. The first kappa shape index (κ1) is 14.1. The SMILES string of the molecule is CN(C)S(=O)(=O)c1c(N)nsc1NCC1(C2CC2)CC1. The molecule has 2 aliphatic rings. The summed E-state index contributed by atoms with van der Waals surface area (Å²) >= 11 is 1.13. The normalized spacial score (nSPS) is 21.1. The van der Waals surface area contributed by atoms with Gasteiger partial charge in [-0.05, 0) is 48.5 Å². The molecule has 112 valence electrons. The molecular weight excluding hydrogens is 296 g/mol. The van der Waals surface area contributed by atoms with Crippen molar-refractivity contribution in [2.45, 2.75) is 30.6 Å². The van der Waals surface area contributed by atoms with Crippen molar-refractivity contribution in [2.75, 3.05) is 31.7 Å². The average Bonchev–Trinajstić information content (AvgIpc) is 3.24. The van der Waals surface area contributed by atoms with Crippen molar-refractivity contribution in [1.82, 2.24) is 8.68 Å². The first-order valence-corrected chi connectivity index (χ1v) is 9.00. The molecule has 1 heterocycles. The predicted molar refractivity (Wildman–Crippen MR) is 80.3 cm³/mol. The number of nitrogen functional groups attached to an aromatic ring is 1. The number of aromatic nitrogens is 1. The van der Waals surface area contributed by atoms with E-state index in [0.29, 0.717) is 10.4 Å². The highest BCUT2D eigenvalue weighted by Gasteiger charge is 2.53. The van der Waals surface area contributed by atoms with Gasteiger partial charge in [-0.3, -0.25) is 0 Å². The van der Waals surface area contributed by atoms with Crippen molar-refractivity contribution in [3.63, 3.8) is 0 Å². The van der Waals surface area contributed by atoms with Crippen LogP contribution in [0.2, 0.25) is 0 Å². The number of hydrogen-bond donors (Lipinski definition) is 2. The highest BCUT2D eigenvalue weighted by atomic mass is 32.2. The fourth-order valence-electron chi connectivity index (χ4n) is 2.68. The third kappa shape index (κ3) is 2.29. The third-order valence-electron chi connectivity index (χ3n) is 4.35. The van der Waals surface area contributed by atoms with Gasteiger partial charge in [-0.25, -0.2) is 12.7 Å². The molecule has 2 saturated carbocycles. The van der Waals surface area contributed by atoms with Crippen molar-refractivity contribution < 1.29 is 8.42 Å². The van der Waals surface area contributed by atoms with E-state index in [1.54, 1.807) is 0 Å². The summed E-state index contributed by atoms with van der Waals surface area (Å²) in [6.45, 7) is 0.829. The van der Waals surface area contributed by atoms with Gasteiger partial charge in [-0.2, -0.15) is 4.37 Å². The van der Waals surface area contributed by atoms with Gasteiger partial charge in [-0.1, -0.05) is 0 Å². The molecule has 2 aliphatic carbocycles. The quantitative estimate of drug-likeness (QED) is 0.832. The molecule has 0 radical (unpaired) electrons. The van der Waals surface area contributed by atoms with Gasteiger partial charge < -0.3 is 11.1 Å². The largest absolute Gasteiger partial charge is 0.382 e. The minimum Gasteiger partial charge on any atom is -0.382 e. The Morgan fingerprint density at radius 2 is 2.10 bits per heavy atom. The number of hydrogen-bond acceptors (Lipinski definition) is 6. The Morgan fingerprint density at radius 3 is 2.60 bits per heavy atom. The molecule has 0 bridgehead atoms. The van der Waals surface area contributed by atoms with Gasteiger partial charge in [0.15, 0.2) is 10.7 Å². The molecule has 1 aromatic heterocycles. The maximum Gasteiger partial charge on any atom is 0.249 e. The van der Waals surface area contributed by atoms with Crippen LogP contribution < -0.4 is 11.1 Å². The maximum absolute atomic E-state index is 12.3. The third-order valence-corrected chi connectivity index (χ3v) is 7.19. The molecule has 0 amide bonds. The van der Waals surface area contributed by atoms with Gasteiger partial charge in [0, 0.05) is 20.6 Å². The zero-order chi connectivity index (χ0) is 14.5. The van der Waals surface area contributed by atoms with Gasteiger partial charge in [0.1, 0.15) is 5.00 Å². The van der Waals surface area contributed by atoms with Crippen LogP contribution in [0.1, 0.15) is 25.7 Å². The Hall–Kier alpha value is -0.860. The molecule has 3 rings (SSSR count). The summed E-state index contributed by atoms with van der Waals surface area (Å²) < 4.78 is 29.8. The number of nitrogens with two attached hydrogens (primary N) is 1. The van der Waals surface area contributed by atoms with Crippen molar-refractivity contribution in [3.8, 4) is 0 Å². The van der Waals surface area contributed by atoms with E-state index in [2.05, 4.69) is 9.69 Å². The Kier molecular flexibility index (Phi) is 3.22. The molecule has 3 N–H and O–H groups in total. The van der Waals surface area contributed by atoms with E-state index in [0.717, 1.165) is 24.0 Å². The van der Waals surface area contributed by atoms with Gasteiger partial charge in [0.05, 0.1) is 0 Å². The summed E-state index contributed by atoms with van der Waals surface area (Å²) in [5.41, 5.74) is 6.15. The Morgan fingerprint density at radius 1 is 1.45 bits per heavy atom. The second kappa shape index (κ2) is 4.57. The van der Waals surface area contributed by atoms with Crippen LogP contribution in [0, 0.1) is 11.3 Å². The molecule has 6 nitrogen and oxygen atoms in total. The molecule has 1 aromatic rings. The molecule has 0 aliphatic heterocycles. The lowest BCUT2D eigenvalue weighted by Gasteiger charge is -2.17. The van der Waals surface area contributed by atoms with Crippen LogP contribution in [-0.2, 0) is 10.0 Å². The van der Waals surface area contributed by atoms with E-state index in [9.17, 15) is 8.42 Å². The highest BCUT2D eigenvalue weighted by molar-refractivity contribution is 7.89. The minimum absolute atomic E-state index is 0.0856. The lowest BCUT2D eigenvalue weighted by molar-refractivity contribution is 0.466. The number of nitrogens with zero attached hydrogens (tertiary/aromatic N) is 2. The average molecular weight is 316 g/mol. The van der Waals surface area contributed by atoms with Crippen molar-refractivity contribution in [1.29, 1.82) is 0 Å². The van der Waals surface area contributed by atoms with E-state index in [4.69, 9.17) is 5.73 Å². The summed E-state index contributed by atoms with van der Waals surface area (Å²) in [6, 6.07) is 0. The van der Waals surface area contributed by atoms with Gasteiger partial charge in [-0.15, -0.1) is 0 Å². The van der Waals surface area contributed by atoms with E-state index in [1.807, 2.05) is 0 Å². The van der Waals surface area contributed by atoms with Crippen LogP contribution >= 0.6 is 11.5 Å². The first-order chi connectivity index (χ1) is 9.37. The minimum atomic E-state index is -3.55. The molecule has 0 unspecified atom stereocenters.